The van der Waals surface area contributed by atoms with E-state index in [0.29, 0.717) is 0 Å². The number of nitrogens with zero attached hydrogens (tertiary/aromatic N) is 3. The second-order valence-electron chi connectivity index (χ2n) is 3.95. The Labute approximate surface area is 113 Å². The number of hydrogen-bond acceptors (Lipinski definition) is 5. The number of carboxylic acids is 1. The lowest BCUT2D eigenvalue weighted by Gasteiger charge is -2.04. The number of aromatic nitrogens is 3. The molecule has 20 heavy (non-hydrogen) atoms. The van der Waals surface area contributed by atoms with Gasteiger partial charge in [0.1, 0.15) is 5.82 Å². The van der Waals surface area contributed by atoms with Crippen LogP contribution in [0.4, 0.5) is 4.39 Å². The standard InChI is InChI=1S/C11H10FN3O4S/c12-8-2-1-3-9(6-8)20(18,19)5-4-15-7-10(11(16)17)13-14-15/h1-3,6-7H,4-5H2,(H,16,17). The lowest BCUT2D eigenvalue weighted by molar-refractivity contribution is 0.0690. The monoisotopic (exact) mass is 299 g/mol. The van der Waals surface area contributed by atoms with Gasteiger partial charge in [0.15, 0.2) is 15.5 Å². The molecule has 106 valence electrons. The van der Waals surface area contributed by atoms with Gasteiger partial charge in [-0.2, -0.15) is 0 Å². The predicted octanol–water partition coefficient (Wildman–Crippen LogP) is 0.589. The van der Waals surface area contributed by atoms with E-state index >= 15 is 0 Å². The van der Waals surface area contributed by atoms with Crippen molar-refractivity contribution in [1.82, 2.24) is 15.0 Å². The van der Waals surface area contributed by atoms with Gasteiger partial charge >= 0.3 is 5.97 Å². The lowest BCUT2D eigenvalue weighted by Crippen LogP contribution is -2.14. The quantitative estimate of drug-likeness (QED) is 0.867. The van der Waals surface area contributed by atoms with Crippen LogP contribution in [0.5, 0.6) is 0 Å². The molecule has 0 bridgehead atoms. The van der Waals surface area contributed by atoms with Gasteiger partial charge in [0, 0.05) is 0 Å². The van der Waals surface area contributed by atoms with Gasteiger partial charge < -0.3 is 5.11 Å². The SMILES string of the molecule is O=C(O)c1cn(CCS(=O)(=O)c2cccc(F)c2)nn1. The largest absolute Gasteiger partial charge is 0.476 e. The average Bonchev–Trinajstić information content (AvgIpc) is 2.85. The van der Waals surface area contributed by atoms with Gasteiger partial charge in [0.05, 0.1) is 23.4 Å². The highest BCUT2D eigenvalue weighted by atomic mass is 32.2. The molecule has 0 saturated heterocycles. The molecule has 0 fully saturated rings. The highest BCUT2D eigenvalue weighted by molar-refractivity contribution is 7.91. The summed E-state index contributed by atoms with van der Waals surface area (Å²) in [6, 6.07) is 4.68. The zero-order valence-corrected chi connectivity index (χ0v) is 10.9. The number of carboxylic acid groups (broad SMARTS) is 1. The van der Waals surface area contributed by atoms with E-state index in [-0.39, 0.29) is 22.9 Å². The molecule has 0 atom stereocenters. The van der Waals surface area contributed by atoms with Crippen LogP contribution in [0.15, 0.2) is 35.4 Å². The van der Waals surface area contributed by atoms with Crippen molar-refractivity contribution in [2.75, 3.05) is 5.75 Å². The maximum atomic E-state index is 13.0. The van der Waals surface area contributed by atoms with E-state index < -0.39 is 21.6 Å². The van der Waals surface area contributed by atoms with Gasteiger partial charge in [0.25, 0.3) is 0 Å². The van der Waals surface area contributed by atoms with Crippen LogP contribution >= 0.6 is 0 Å². The zero-order valence-electron chi connectivity index (χ0n) is 10.1. The summed E-state index contributed by atoms with van der Waals surface area (Å²) < 4.78 is 38.0. The summed E-state index contributed by atoms with van der Waals surface area (Å²) in [6.07, 6.45) is 1.13. The first-order valence-electron chi connectivity index (χ1n) is 5.50. The third-order valence-corrected chi connectivity index (χ3v) is 4.19. The minimum Gasteiger partial charge on any atom is -0.476 e. The van der Waals surface area contributed by atoms with E-state index in [1.165, 1.54) is 12.1 Å². The van der Waals surface area contributed by atoms with Crippen molar-refractivity contribution >= 4 is 15.8 Å². The topological polar surface area (TPSA) is 102 Å². The normalized spacial score (nSPS) is 11.4. The summed E-state index contributed by atoms with van der Waals surface area (Å²) in [7, 11) is -3.67. The average molecular weight is 299 g/mol. The van der Waals surface area contributed by atoms with Gasteiger partial charge in [0.2, 0.25) is 0 Å². The summed E-state index contributed by atoms with van der Waals surface area (Å²) in [4.78, 5) is 10.5. The van der Waals surface area contributed by atoms with E-state index in [1.807, 2.05) is 0 Å². The van der Waals surface area contributed by atoms with Gasteiger partial charge in [-0.25, -0.2) is 17.6 Å². The molecular weight excluding hydrogens is 289 g/mol. The van der Waals surface area contributed by atoms with Crippen LogP contribution in [-0.2, 0) is 16.4 Å². The molecule has 0 aliphatic rings. The Morgan fingerprint density at radius 2 is 2.15 bits per heavy atom. The molecule has 9 heteroatoms. The molecule has 0 aliphatic carbocycles. The molecule has 1 N–H and O–H groups in total. The first kappa shape index (κ1) is 14.1. The van der Waals surface area contributed by atoms with Crippen molar-refractivity contribution in [2.45, 2.75) is 11.4 Å². The fourth-order valence-electron chi connectivity index (χ4n) is 1.50. The molecule has 0 amide bonds. The maximum Gasteiger partial charge on any atom is 0.358 e. The van der Waals surface area contributed by atoms with Crippen LogP contribution < -0.4 is 0 Å². The minimum atomic E-state index is -3.67. The summed E-state index contributed by atoms with van der Waals surface area (Å²) in [6.45, 7) is -0.0703. The van der Waals surface area contributed by atoms with Gasteiger partial charge in [-0.3, -0.25) is 4.68 Å². The summed E-state index contributed by atoms with van der Waals surface area (Å²) in [5.41, 5.74) is -0.270. The number of carbonyl (C=O) groups is 1. The Kier molecular flexibility index (Phi) is 3.79. The van der Waals surface area contributed by atoms with Gasteiger partial charge in [-0.15, -0.1) is 5.10 Å². The zero-order chi connectivity index (χ0) is 14.8. The number of halogens is 1. The molecule has 0 unspecified atom stereocenters. The summed E-state index contributed by atoms with van der Waals surface area (Å²) in [5, 5.41) is 15.5. The highest BCUT2D eigenvalue weighted by Crippen LogP contribution is 2.12. The Morgan fingerprint density at radius 3 is 2.75 bits per heavy atom. The highest BCUT2D eigenvalue weighted by Gasteiger charge is 2.16. The van der Waals surface area contributed by atoms with E-state index in [4.69, 9.17) is 5.11 Å². The van der Waals surface area contributed by atoms with E-state index in [2.05, 4.69) is 10.3 Å². The van der Waals surface area contributed by atoms with Crippen molar-refractivity contribution in [3.8, 4) is 0 Å². The molecule has 0 radical (unpaired) electrons. The van der Waals surface area contributed by atoms with Gasteiger partial charge in [-0.1, -0.05) is 11.3 Å². The number of rotatable bonds is 5. The van der Waals surface area contributed by atoms with E-state index in [0.717, 1.165) is 23.0 Å². The first-order valence-corrected chi connectivity index (χ1v) is 7.15. The van der Waals surface area contributed by atoms with Crippen LogP contribution in [0.2, 0.25) is 0 Å². The van der Waals surface area contributed by atoms with Crippen LogP contribution in [0.1, 0.15) is 10.5 Å². The number of aryl methyl sites for hydroxylation is 1. The number of hydrogen-bond donors (Lipinski definition) is 1. The minimum absolute atomic E-state index is 0.0703. The van der Waals surface area contributed by atoms with E-state index in [9.17, 15) is 17.6 Å². The lowest BCUT2D eigenvalue weighted by atomic mass is 10.4. The molecule has 0 spiro atoms. The van der Waals surface area contributed by atoms with Crippen molar-refractivity contribution in [2.24, 2.45) is 0 Å². The second-order valence-corrected chi connectivity index (χ2v) is 6.06. The van der Waals surface area contributed by atoms with Crippen LogP contribution in [0, 0.1) is 5.82 Å². The smallest absolute Gasteiger partial charge is 0.358 e. The maximum absolute atomic E-state index is 13.0. The number of aromatic carboxylic acids is 1. The molecule has 1 aromatic carbocycles. The van der Waals surface area contributed by atoms with Gasteiger partial charge in [-0.05, 0) is 18.2 Å². The molecule has 1 aromatic heterocycles. The van der Waals surface area contributed by atoms with Crippen LogP contribution in [0.3, 0.4) is 0 Å². The third-order valence-electron chi connectivity index (χ3n) is 2.50. The van der Waals surface area contributed by atoms with E-state index in [1.54, 1.807) is 0 Å². The summed E-state index contributed by atoms with van der Waals surface area (Å²) in [5.74, 6) is -2.22. The summed E-state index contributed by atoms with van der Waals surface area (Å²) >= 11 is 0. The fraction of sp³-hybridized carbons (Fsp3) is 0.182. The van der Waals surface area contributed by atoms with Crippen LogP contribution in [-0.4, -0.2) is 40.2 Å². The first-order chi connectivity index (χ1) is 9.38. The molecule has 0 aliphatic heterocycles. The van der Waals surface area contributed by atoms with Crippen LogP contribution in [0.25, 0.3) is 0 Å². The molecular formula is C11H10FN3O4S. The molecule has 1 heterocycles. The molecule has 2 rings (SSSR count). The third kappa shape index (κ3) is 3.18. The number of benzene rings is 1. The van der Waals surface area contributed by atoms with Crippen molar-refractivity contribution in [3.05, 3.63) is 42.0 Å². The molecule has 0 saturated carbocycles. The van der Waals surface area contributed by atoms with Crippen molar-refractivity contribution < 1.29 is 22.7 Å². The van der Waals surface area contributed by atoms with Crippen molar-refractivity contribution in [1.29, 1.82) is 0 Å². The Hall–Kier alpha value is -2.29. The Bertz CT molecular complexity index is 742. The molecule has 7 nitrogen and oxygen atoms in total. The fourth-order valence-corrected chi connectivity index (χ4v) is 2.74. The predicted molar refractivity (Wildman–Crippen MR) is 65.4 cm³/mol. The second kappa shape index (κ2) is 5.37. The number of sulfone groups is 1. The molecule has 2 aromatic rings. The van der Waals surface area contributed by atoms with Crippen molar-refractivity contribution in [3.63, 3.8) is 0 Å². The Balaban J connectivity index is 2.11. The Morgan fingerprint density at radius 1 is 1.40 bits per heavy atom.